The van der Waals surface area contributed by atoms with Crippen LogP contribution in [0.4, 0.5) is 4.39 Å². The van der Waals surface area contributed by atoms with E-state index >= 15 is 0 Å². The van der Waals surface area contributed by atoms with Gasteiger partial charge in [0, 0.05) is 60.5 Å². The second-order valence-electron chi connectivity index (χ2n) is 11.7. The number of amides is 1. The van der Waals surface area contributed by atoms with E-state index in [1.165, 1.54) is 35.8 Å². The number of nitrogens with zero attached hydrogens (tertiary/aromatic N) is 3. The number of piperazine rings is 1. The number of benzene rings is 1. The third-order valence-electron chi connectivity index (χ3n) is 7.64. The molecule has 1 aromatic carbocycles. The first-order valence-corrected chi connectivity index (χ1v) is 14.5. The highest BCUT2D eigenvalue weighted by molar-refractivity contribution is 6.10. The summed E-state index contributed by atoms with van der Waals surface area (Å²) in [4.78, 5) is 22.7. The fourth-order valence-corrected chi connectivity index (χ4v) is 5.58. The van der Waals surface area contributed by atoms with Crippen LogP contribution in [0.25, 0.3) is 5.57 Å². The maximum Gasteiger partial charge on any atom is 0.228 e. The quantitative estimate of drug-likeness (QED) is 0.407. The van der Waals surface area contributed by atoms with Gasteiger partial charge in [0.1, 0.15) is 5.82 Å². The Hall–Kier alpha value is -2.69. The van der Waals surface area contributed by atoms with Crippen molar-refractivity contribution in [1.29, 1.82) is 0 Å². The van der Waals surface area contributed by atoms with Crippen molar-refractivity contribution in [1.82, 2.24) is 9.80 Å². The summed E-state index contributed by atoms with van der Waals surface area (Å²) in [7, 11) is 0. The molecule has 1 aliphatic heterocycles. The Labute approximate surface area is 230 Å². The van der Waals surface area contributed by atoms with E-state index in [0.29, 0.717) is 18.9 Å². The van der Waals surface area contributed by atoms with Gasteiger partial charge in [-0.2, -0.15) is 0 Å². The molecule has 0 N–H and O–H groups in total. The van der Waals surface area contributed by atoms with Crippen molar-refractivity contribution in [3.8, 4) is 0 Å². The number of hydrogen-bond acceptors (Lipinski definition) is 3. The molecule has 4 rings (SSSR count). The summed E-state index contributed by atoms with van der Waals surface area (Å²) in [5.74, 6) is 0.559. The number of carbonyl (C=O) groups is 1. The van der Waals surface area contributed by atoms with Crippen LogP contribution in [-0.2, 0) is 4.79 Å². The predicted octanol–water partition coefficient (Wildman–Crippen LogP) is 7.68. The van der Waals surface area contributed by atoms with Crippen LogP contribution in [0.5, 0.6) is 0 Å². The summed E-state index contributed by atoms with van der Waals surface area (Å²) in [6.45, 7) is 20.9. The topological polar surface area (TPSA) is 35.9 Å². The van der Waals surface area contributed by atoms with Gasteiger partial charge in [-0.25, -0.2) is 4.39 Å². The van der Waals surface area contributed by atoms with E-state index in [0.717, 1.165) is 29.9 Å². The van der Waals surface area contributed by atoms with E-state index in [2.05, 4.69) is 49.6 Å². The highest BCUT2D eigenvalue weighted by Crippen LogP contribution is 2.44. The van der Waals surface area contributed by atoms with E-state index in [-0.39, 0.29) is 29.2 Å². The predicted molar refractivity (Wildman–Crippen MR) is 159 cm³/mol. The van der Waals surface area contributed by atoms with Crippen molar-refractivity contribution >= 4 is 17.2 Å². The standard InChI is InChI=1S/C31H42FN3O.C2H6/c1-8-33-28-17-25(24-10-9-11-26(32)16-24)14-15-27(23-12-13-23)29(28)22(4)34-18-21(3)35(19-20(34)2)30(36)31(5,6)7;1-2/h9-11,14-16,20-21,23H,8,12-13,17-19H2,1-7H3;1-2H3/b29-22+,33-28?;/t20?,21-;/m1./s1. The molecule has 208 valence electrons. The molecule has 2 fully saturated rings. The summed E-state index contributed by atoms with van der Waals surface area (Å²) in [6.07, 6.45) is 7.53. The molecule has 38 heavy (non-hydrogen) atoms. The Bertz CT molecular complexity index is 1130. The van der Waals surface area contributed by atoms with Crippen molar-refractivity contribution in [3.63, 3.8) is 0 Å². The molecule has 1 aromatic rings. The SMILES string of the molecule is CC.CCN=C1CC(c2cccc(F)c2)=CC=C(C2CC2)/C1=C(/C)N1C[C@@H](C)N(C(=O)C(C)(C)C)CC1C. The molecule has 1 saturated heterocycles. The first-order valence-electron chi connectivity index (χ1n) is 14.5. The van der Waals surface area contributed by atoms with Gasteiger partial charge in [0.25, 0.3) is 0 Å². The Morgan fingerprint density at radius 1 is 1.05 bits per heavy atom. The molecule has 1 heterocycles. The fraction of sp³-hybridized carbons (Fsp3) is 0.576. The van der Waals surface area contributed by atoms with Gasteiger partial charge in [-0.1, -0.05) is 58.9 Å². The summed E-state index contributed by atoms with van der Waals surface area (Å²) in [5, 5.41) is 0. The van der Waals surface area contributed by atoms with Crippen LogP contribution in [0.2, 0.25) is 0 Å². The highest BCUT2D eigenvalue weighted by atomic mass is 19.1. The van der Waals surface area contributed by atoms with Gasteiger partial charge in [-0.3, -0.25) is 9.79 Å². The van der Waals surface area contributed by atoms with Crippen molar-refractivity contribution in [2.45, 2.75) is 93.7 Å². The number of allylic oxidation sites excluding steroid dienone is 6. The van der Waals surface area contributed by atoms with Gasteiger partial charge < -0.3 is 9.80 Å². The molecule has 4 nitrogen and oxygen atoms in total. The first kappa shape index (κ1) is 29.9. The lowest BCUT2D eigenvalue weighted by atomic mass is 9.90. The minimum Gasteiger partial charge on any atom is -0.368 e. The summed E-state index contributed by atoms with van der Waals surface area (Å²) < 4.78 is 14.1. The molecule has 0 spiro atoms. The second-order valence-corrected chi connectivity index (χ2v) is 11.7. The Kier molecular flexibility index (Phi) is 9.78. The Morgan fingerprint density at radius 3 is 2.26 bits per heavy atom. The molecule has 2 atom stereocenters. The third-order valence-corrected chi connectivity index (χ3v) is 7.64. The van der Waals surface area contributed by atoms with E-state index in [9.17, 15) is 9.18 Å². The van der Waals surface area contributed by atoms with Crippen molar-refractivity contribution < 1.29 is 9.18 Å². The zero-order chi connectivity index (χ0) is 28.2. The number of carbonyl (C=O) groups excluding carboxylic acids is 1. The van der Waals surface area contributed by atoms with E-state index in [1.54, 1.807) is 12.1 Å². The smallest absolute Gasteiger partial charge is 0.228 e. The van der Waals surface area contributed by atoms with Gasteiger partial charge in [-0.05, 0) is 75.3 Å². The van der Waals surface area contributed by atoms with E-state index < -0.39 is 0 Å². The average molecular weight is 522 g/mol. The molecule has 0 bridgehead atoms. The molecule has 0 radical (unpaired) electrons. The zero-order valence-electron chi connectivity index (χ0n) is 25.1. The molecule has 1 unspecified atom stereocenters. The van der Waals surface area contributed by atoms with Crippen molar-refractivity contribution in [3.05, 3.63) is 64.6 Å². The molecule has 1 saturated carbocycles. The zero-order valence-corrected chi connectivity index (χ0v) is 25.1. The minimum absolute atomic E-state index is 0.134. The fourth-order valence-electron chi connectivity index (χ4n) is 5.58. The number of halogens is 1. The minimum atomic E-state index is -0.382. The van der Waals surface area contributed by atoms with Crippen molar-refractivity contribution in [2.24, 2.45) is 16.3 Å². The van der Waals surface area contributed by atoms with Gasteiger partial charge in [0.05, 0.1) is 0 Å². The van der Waals surface area contributed by atoms with Gasteiger partial charge in [-0.15, -0.1) is 0 Å². The monoisotopic (exact) mass is 521 g/mol. The highest BCUT2D eigenvalue weighted by Gasteiger charge is 2.39. The second kappa shape index (κ2) is 12.4. The average Bonchev–Trinajstić information content (AvgIpc) is 3.72. The van der Waals surface area contributed by atoms with Crippen LogP contribution in [0.15, 0.2) is 58.3 Å². The third kappa shape index (κ3) is 6.65. The number of aliphatic imine (C=N–C) groups is 1. The molecular weight excluding hydrogens is 473 g/mol. The van der Waals surface area contributed by atoms with E-state index in [4.69, 9.17) is 4.99 Å². The van der Waals surface area contributed by atoms with Gasteiger partial charge in [0.2, 0.25) is 5.91 Å². The lowest BCUT2D eigenvalue weighted by molar-refractivity contribution is -0.145. The number of hydrogen-bond donors (Lipinski definition) is 0. The van der Waals surface area contributed by atoms with Crippen LogP contribution < -0.4 is 0 Å². The van der Waals surface area contributed by atoms with E-state index in [1.807, 2.05) is 40.7 Å². The maximum absolute atomic E-state index is 14.1. The molecule has 5 heteroatoms. The summed E-state index contributed by atoms with van der Waals surface area (Å²) in [6, 6.07) is 7.23. The van der Waals surface area contributed by atoms with Gasteiger partial charge >= 0.3 is 0 Å². The molecule has 1 amide bonds. The molecule has 0 aromatic heterocycles. The van der Waals surface area contributed by atoms with Gasteiger partial charge in [0.15, 0.2) is 0 Å². The van der Waals surface area contributed by atoms with Crippen molar-refractivity contribution in [2.75, 3.05) is 19.6 Å². The van der Waals surface area contributed by atoms with Crippen LogP contribution in [0.3, 0.4) is 0 Å². The first-order chi connectivity index (χ1) is 18.0. The largest absolute Gasteiger partial charge is 0.368 e. The molecule has 3 aliphatic rings. The van der Waals surface area contributed by atoms with Crippen LogP contribution in [0, 0.1) is 17.2 Å². The summed E-state index contributed by atoms with van der Waals surface area (Å²) >= 11 is 0. The maximum atomic E-state index is 14.1. The molecular formula is C33H48FN3O. The number of rotatable bonds is 4. The van der Waals surface area contributed by atoms with Crippen LogP contribution in [-0.4, -0.2) is 53.1 Å². The molecule has 2 aliphatic carbocycles. The summed E-state index contributed by atoms with van der Waals surface area (Å²) in [5.41, 5.74) is 6.60. The van der Waals surface area contributed by atoms with Crippen LogP contribution >= 0.6 is 0 Å². The normalized spacial score (nSPS) is 24.7. The lowest BCUT2D eigenvalue weighted by Crippen LogP contribution is -2.59. The lowest BCUT2D eigenvalue weighted by Gasteiger charge is -2.48. The Morgan fingerprint density at radius 2 is 1.68 bits per heavy atom. The van der Waals surface area contributed by atoms with Crippen LogP contribution in [0.1, 0.15) is 87.1 Å². The Balaban J connectivity index is 0.00000195.